The van der Waals surface area contributed by atoms with Crippen LogP contribution in [0.25, 0.3) is 0 Å². The number of ether oxygens (including phenoxy) is 1. The van der Waals surface area contributed by atoms with Crippen molar-refractivity contribution in [1.82, 2.24) is 9.88 Å². The molecular weight excluding hydrogens is 472 g/mol. The second-order valence-electron chi connectivity index (χ2n) is 9.11. The first-order chi connectivity index (χ1) is 15.2. The third kappa shape index (κ3) is 6.95. The molecule has 0 atom stereocenters. The minimum absolute atomic E-state index is 0.0789. The Morgan fingerprint density at radius 3 is 2.53 bits per heavy atom. The monoisotopic (exact) mass is 502 g/mol. The maximum Gasteiger partial charge on any atom is 0.410 e. The zero-order chi connectivity index (χ0) is 23.1. The van der Waals surface area contributed by atoms with Crippen molar-refractivity contribution in [1.29, 1.82) is 0 Å². The number of carbonyl (C=O) groups excluding carboxylic acids is 2. The van der Waals surface area contributed by atoms with E-state index in [2.05, 4.69) is 31.5 Å². The lowest BCUT2D eigenvalue weighted by molar-refractivity contribution is -0.123. The highest BCUT2D eigenvalue weighted by Crippen LogP contribution is 2.27. The fraction of sp³-hybridized carbons (Fsp3) is 0.458. The number of amides is 2. The van der Waals surface area contributed by atoms with Gasteiger partial charge in [-0.3, -0.25) is 4.79 Å². The van der Waals surface area contributed by atoms with Crippen molar-refractivity contribution in [2.75, 3.05) is 30.3 Å². The normalized spacial score (nSPS) is 14.7. The second kappa shape index (κ2) is 10.8. The van der Waals surface area contributed by atoms with E-state index in [1.807, 2.05) is 57.2 Å². The number of anilines is 2. The summed E-state index contributed by atoms with van der Waals surface area (Å²) in [5.41, 5.74) is 1.38. The molecule has 1 aromatic heterocycles. The van der Waals surface area contributed by atoms with Crippen molar-refractivity contribution in [3.05, 3.63) is 52.6 Å². The summed E-state index contributed by atoms with van der Waals surface area (Å²) in [7, 11) is 0. The van der Waals surface area contributed by atoms with Crippen molar-refractivity contribution in [2.45, 2.75) is 40.2 Å². The Kier molecular flexibility index (Phi) is 8.12. The predicted molar refractivity (Wildman–Crippen MR) is 129 cm³/mol. The number of rotatable bonds is 6. The van der Waals surface area contributed by atoms with Gasteiger partial charge >= 0.3 is 6.09 Å². The van der Waals surface area contributed by atoms with Crippen LogP contribution in [0.15, 0.2) is 47.1 Å². The number of hydrogen-bond donors (Lipinski definition) is 2. The summed E-state index contributed by atoms with van der Waals surface area (Å²) in [6.07, 6.45) is 3.25. The molecule has 0 saturated carbocycles. The van der Waals surface area contributed by atoms with E-state index in [1.165, 1.54) is 0 Å². The summed E-state index contributed by atoms with van der Waals surface area (Å²) in [5, 5.41) is 6.31. The lowest BCUT2D eigenvalue weighted by atomic mass is 9.96. The maximum absolute atomic E-state index is 12.3. The topological polar surface area (TPSA) is 83.6 Å². The summed E-state index contributed by atoms with van der Waals surface area (Å²) in [5.74, 6) is 0.886. The molecule has 0 unspecified atom stereocenters. The molecule has 1 aliphatic heterocycles. The first-order valence-corrected chi connectivity index (χ1v) is 11.7. The van der Waals surface area contributed by atoms with Gasteiger partial charge in [0.25, 0.3) is 0 Å². The molecule has 1 aromatic carbocycles. The number of pyridine rings is 1. The van der Waals surface area contributed by atoms with E-state index in [0.717, 1.165) is 35.1 Å². The minimum Gasteiger partial charge on any atom is -0.445 e. The van der Waals surface area contributed by atoms with Gasteiger partial charge in [0, 0.05) is 37.3 Å². The number of piperidine rings is 1. The molecule has 2 aromatic rings. The molecule has 172 valence electrons. The van der Waals surface area contributed by atoms with E-state index in [9.17, 15) is 9.59 Å². The van der Waals surface area contributed by atoms with Crippen molar-refractivity contribution >= 4 is 39.4 Å². The van der Waals surface area contributed by atoms with Crippen molar-refractivity contribution in [2.24, 2.45) is 11.3 Å². The zero-order valence-electron chi connectivity index (χ0n) is 18.9. The summed E-state index contributed by atoms with van der Waals surface area (Å²) in [4.78, 5) is 30.6. The molecule has 2 N–H and O–H groups in total. The Bertz CT molecular complexity index is 923. The van der Waals surface area contributed by atoms with Gasteiger partial charge < -0.3 is 20.3 Å². The van der Waals surface area contributed by atoms with E-state index >= 15 is 0 Å². The number of hydrogen-bond acceptors (Lipinski definition) is 5. The molecule has 0 spiro atoms. The van der Waals surface area contributed by atoms with Gasteiger partial charge in [-0.05, 0) is 40.3 Å². The molecule has 0 radical (unpaired) electrons. The second-order valence-corrected chi connectivity index (χ2v) is 9.96. The Morgan fingerprint density at radius 2 is 1.88 bits per heavy atom. The molecule has 1 saturated heterocycles. The van der Waals surface area contributed by atoms with Gasteiger partial charge in [-0.25, -0.2) is 9.78 Å². The van der Waals surface area contributed by atoms with E-state index in [0.29, 0.717) is 31.4 Å². The maximum atomic E-state index is 12.3. The van der Waals surface area contributed by atoms with Crippen molar-refractivity contribution in [3.8, 4) is 0 Å². The Hall–Kier alpha value is -2.61. The van der Waals surface area contributed by atoms with Crippen LogP contribution >= 0.6 is 15.9 Å². The predicted octanol–water partition coefficient (Wildman–Crippen LogP) is 5.29. The SMILES string of the molecule is CC(C)(C)C(=O)Nc1cc(NCC2CCN(C(=O)OCc3ccccc3)CC2)c(Br)cn1. The molecule has 2 amide bonds. The first-order valence-electron chi connectivity index (χ1n) is 10.9. The molecule has 1 aliphatic rings. The molecule has 7 nitrogen and oxygen atoms in total. The molecule has 3 rings (SSSR count). The van der Waals surface area contributed by atoms with Crippen LogP contribution < -0.4 is 10.6 Å². The van der Waals surface area contributed by atoms with E-state index in [1.54, 1.807) is 11.1 Å². The first kappa shape index (κ1) is 24.0. The van der Waals surface area contributed by atoms with E-state index in [-0.39, 0.29) is 12.0 Å². The lowest BCUT2D eigenvalue weighted by Crippen LogP contribution is -2.40. The molecule has 2 heterocycles. The fourth-order valence-corrected chi connectivity index (χ4v) is 3.69. The molecule has 8 heteroatoms. The average molecular weight is 503 g/mol. The van der Waals surface area contributed by atoms with Gasteiger partial charge in [-0.15, -0.1) is 0 Å². The summed E-state index contributed by atoms with van der Waals surface area (Å²) < 4.78 is 6.28. The summed E-state index contributed by atoms with van der Waals surface area (Å²) >= 11 is 3.52. The van der Waals surface area contributed by atoms with Gasteiger partial charge in [0.15, 0.2) is 0 Å². The zero-order valence-corrected chi connectivity index (χ0v) is 20.4. The third-order valence-corrected chi connectivity index (χ3v) is 6.07. The molecule has 1 fully saturated rings. The highest BCUT2D eigenvalue weighted by molar-refractivity contribution is 9.10. The number of nitrogens with zero attached hydrogens (tertiary/aromatic N) is 2. The number of benzene rings is 1. The third-order valence-electron chi connectivity index (χ3n) is 5.44. The van der Waals surface area contributed by atoms with Crippen LogP contribution in [-0.2, 0) is 16.1 Å². The van der Waals surface area contributed by atoms with Gasteiger partial charge in [0.2, 0.25) is 5.91 Å². The smallest absolute Gasteiger partial charge is 0.410 e. The minimum atomic E-state index is -0.488. The average Bonchev–Trinajstić information content (AvgIpc) is 2.78. The van der Waals surface area contributed by atoms with Crippen molar-refractivity contribution in [3.63, 3.8) is 0 Å². The Morgan fingerprint density at radius 1 is 1.19 bits per heavy atom. The van der Waals surface area contributed by atoms with Crippen molar-refractivity contribution < 1.29 is 14.3 Å². The Balaban J connectivity index is 1.45. The van der Waals surface area contributed by atoms with Gasteiger partial charge in [-0.1, -0.05) is 51.1 Å². The number of likely N-dealkylation sites (tertiary alicyclic amines) is 1. The number of aromatic nitrogens is 1. The van der Waals surface area contributed by atoms with Crippen LogP contribution in [0.2, 0.25) is 0 Å². The van der Waals surface area contributed by atoms with Gasteiger partial charge in [0.05, 0.1) is 10.2 Å². The van der Waals surface area contributed by atoms with E-state index in [4.69, 9.17) is 4.74 Å². The van der Waals surface area contributed by atoms with Crippen LogP contribution in [0.3, 0.4) is 0 Å². The summed E-state index contributed by atoms with van der Waals surface area (Å²) in [6, 6.07) is 11.5. The molecule has 0 bridgehead atoms. The summed E-state index contributed by atoms with van der Waals surface area (Å²) in [6.45, 7) is 8.04. The van der Waals surface area contributed by atoms with Gasteiger partial charge in [0.1, 0.15) is 12.4 Å². The molecule has 32 heavy (non-hydrogen) atoms. The standard InChI is InChI=1S/C24H31BrN4O3/c1-24(2,3)22(30)28-21-13-20(19(25)15-27-21)26-14-17-9-11-29(12-10-17)23(31)32-16-18-7-5-4-6-8-18/h4-8,13,15,17H,9-12,14,16H2,1-3H3,(H2,26,27,28,30). The highest BCUT2D eigenvalue weighted by atomic mass is 79.9. The van der Waals surface area contributed by atoms with Gasteiger partial charge in [-0.2, -0.15) is 0 Å². The number of halogens is 1. The van der Waals surface area contributed by atoms with Crippen LogP contribution in [0.4, 0.5) is 16.3 Å². The number of carbonyl (C=O) groups is 2. The highest BCUT2D eigenvalue weighted by Gasteiger charge is 2.24. The van der Waals surface area contributed by atoms with Crippen LogP contribution in [0.1, 0.15) is 39.2 Å². The van der Waals surface area contributed by atoms with Crippen LogP contribution in [0.5, 0.6) is 0 Å². The fourth-order valence-electron chi connectivity index (χ4n) is 3.33. The Labute approximate surface area is 198 Å². The molecular formula is C24H31BrN4O3. The quantitative estimate of drug-likeness (QED) is 0.560. The number of nitrogens with one attached hydrogen (secondary N) is 2. The van der Waals surface area contributed by atoms with Crippen LogP contribution in [0, 0.1) is 11.3 Å². The van der Waals surface area contributed by atoms with Crippen LogP contribution in [-0.4, -0.2) is 41.5 Å². The largest absolute Gasteiger partial charge is 0.445 e. The lowest BCUT2D eigenvalue weighted by Gasteiger charge is -2.31. The van der Waals surface area contributed by atoms with E-state index < -0.39 is 5.41 Å². The molecule has 0 aliphatic carbocycles.